The molecule has 6 heteroatoms. The van der Waals surface area contributed by atoms with Gasteiger partial charge in [0.15, 0.2) is 5.96 Å². The van der Waals surface area contributed by atoms with E-state index in [4.69, 9.17) is 14.5 Å². The highest BCUT2D eigenvalue weighted by Crippen LogP contribution is 2.22. The lowest BCUT2D eigenvalue weighted by molar-refractivity contribution is 0.145. The number of rotatable bonds is 11. The Bertz CT molecular complexity index is 780. The van der Waals surface area contributed by atoms with Gasteiger partial charge < -0.3 is 25.0 Å². The van der Waals surface area contributed by atoms with Gasteiger partial charge in [-0.3, -0.25) is 0 Å². The monoisotopic (exact) mass is 424 g/mol. The van der Waals surface area contributed by atoms with Gasteiger partial charge in [-0.2, -0.15) is 0 Å². The van der Waals surface area contributed by atoms with Crippen molar-refractivity contribution in [3.63, 3.8) is 0 Å². The Morgan fingerprint density at radius 3 is 2.65 bits per heavy atom. The van der Waals surface area contributed by atoms with Crippen molar-refractivity contribution in [3.05, 3.63) is 60.2 Å². The summed E-state index contributed by atoms with van der Waals surface area (Å²) < 4.78 is 10.7. The molecule has 0 bridgehead atoms. The van der Waals surface area contributed by atoms with Crippen LogP contribution in [0, 0.1) is 5.92 Å². The van der Waals surface area contributed by atoms with E-state index < -0.39 is 0 Å². The number of anilines is 1. The number of benzene rings is 2. The Morgan fingerprint density at radius 1 is 1.10 bits per heavy atom. The third-order valence-electron chi connectivity index (χ3n) is 5.51. The quantitative estimate of drug-likeness (QED) is 0.327. The van der Waals surface area contributed by atoms with Crippen LogP contribution in [0.2, 0.25) is 0 Å². The minimum Gasteiger partial charge on any atom is -0.497 e. The number of aliphatic imine (C=N–C) groups is 1. The van der Waals surface area contributed by atoms with E-state index in [0.29, 0.717) is 12.5 Å². The van der Waals surface area contributed by atoms with E-state index in [-0.39, 0.29) is 0 Å². The number of hydrogen-bond acceptors (Lipinski definition) is 4. The summed E-state index contributed by atoms with van der Waals surface area (Å²) >= 11 is 0. The van der Waals surface area contributed by atoms with E-state index in [1.54, 1.807) is 7.11 Å². The highest BCUT2D eigenvalue weighted by molar-refractivity contribution is 5.79. The topological polar surface area (TPSA) is 58.1 Å². The molecule has 0 aliphatic carbocycles. The molecule has 2 aromatic carbocycles. The van der Waals surface area contributed by atoms with Crippen LogP contribution in [0.5, 0.6) is 5.75 Å². The number of nitrogens with one attached hydrogen (secondary N) is 2. The van der Waals surface area contributed by atoms with Crippen LogP contribution in [0.25, 0.3) is 0 Å². The molecule has 1 aliphatic heterocycles. The summed E-state index contributed by atoms with van der Waals surface area (Å²) in [4.78, 5) is 7.27. The molecule has 2 N–H and O–H groups in total. The molecule has 1 unspecified atom stereocenters. The summed E-state index contributed by atoms with van der Waals surface area (Å²) in [5.74, 6) is 2.34. The summed E-state index contributed by atoms with van der Waals surface area (Å²) in [5, 5.41) is 7.02. The van der Waals surface area contributed by atoms with E-state index in [9.17, 15) is 0 Å². The van der Waals surface area contributed by atoms with Crippen LogP contribution in [-0.2, 0) is 11.3 Å². The fourth-order valence-electron chi connectivity index (χ4n) is 3.71. The SMILES string of the molecule is CCOCCCNC(=NCc1ccc(OC)cc1)NCC1CCN(c2ccccc2)C1. The van der Waals surface area contributed by atoms with Gasteiger partial charge in [-0.1, -0.05) is 30.3 Å². The molecule has 0 spiro atoms. The summed E-state index contributed by atoms with van der Waals surface area (Å²) in [5.41, 5.74) is 2.47. The Kier molecular flexibility index (Phi) is 9.51. The summed E-state index contributed by atoms with van der Waals surface area (Å²) in [7, 11) is 1.68. The van der Waals surface area contributed by atoms with E-state index in [0.717, 1.165) is 63.1 Å². The lowest BCUT2D eigenvalue weighted by Gasteiger charge is -2.19. The van der Waals surface area contributed by atoms with E-state index in [1.807, 2.05) is 19.1 Å². The first kappa shape index (κ1) is 22.9. The van der Waals surface area contributed by atoms with Crippen molar-refractivity contribution in [2.75, 3.05) is 51.4 Å². The van der Waals surface area contributed by atoms with Gasteiger partial charge in [0.25, 0.3) is 0 Å². The van der Waals surface area contributed by atoms with Crippen molar-refractivity contribution < 1.29 is 9.47 Å². The largest absolute Gasteiger partial charge is 0.497 e. The Balaban J connectivity index is 1.51. The maximum absolute atomic E-state index is 5.44. The van der Waals surface area contributed by atoms with Crippen molar-refractivity contribution in [1.29, 1.82) is 0 Å². The number of guanidine groups is 1. The molecule has 0 amide bonds. The van der Waals surface area contributed by atoms with Crippen LogP contribution in [0.3, 0.4) is 0 Å². The first-order valence-electron chi connectivity index (χ1n) is 11.3. The van der Waals surface area contributed by atoms with Crippen LogP contribution >= 0.6 is 0 Å². The van der Waals surface area contributed by atoms with E-state index >= 15 is 0 Å². The summed E-state index contributed by atoms with van der Waals surface area (Å²) in [6.07, 6.45) is 2.15. The first-order valence-corrected chi connectivity index (χ1v) is 11.3. The third-order valence-corrected chi connectivity index (χ3v) is 5.51. The van der Waals surface area contributed by atoms with Crippen molar-refractivity contribution >= 4 is 11.6 Å². The van der Waals surface area contributed by atoms with Gasteiger partial charge in [-0.05, 0) is 55.5 Å². The zero-order chi connectivity index (χ0) is 21.7. The van der Waals surface area contributed by atoms with Gasteiger partial charge >= 0.3 is 0 Å². The second-order valence-corrected chi connectivity index (χ2v) is 7.81. The average molecular weight is 425 g/mol. The van der Waals surface area contributed by atoms with Crippen LogP contribution in [0.15, 0.2) is 59.6 Å². The van der Waals surface area contributed by atoms with Gasteiger partial charge in [-0.25, -0.2) is 4.99 Å². The maximum atomic E-state index is 5.44. The van der Waals surface area contributed by atoms with Gasteiger partial charge in [0.1, 0.15) is 5.75 Å². The summed E-state index contributed by atoms with van der Waals surface area (Å²) in [6, 6.07) is 18.7. The van der Waals surface area contributed by atoms with Crippen molar-refractivity contribution in [2.24, 2.45) is 10.9 Å². The molecule has 1 saturated heterocycles. The number of para-hydroxylation sites is 1. The fourth-order valence-corrected chi connectivity index (χ4v) is 3.71. The van der Waals surface area contributed by atoms with Gasteiger partial charge in [0, 0.05) is 45.1 Å². The number of hydrogen-bond donors (Lipinski definition) is 2. The molecule has 0 aromatic heterocycles. The number of methoxy groups -OCH3 is 1. The van der Waals surface area contributed by atoms with Crippen molar-refractivity contribution in [2.45, 2.75) is 26.3 Å². The Labute approximate surface area is 186 Å². The van der Waals surface area contributed by atoms with E-state index in [2.05, 4.69) is 58.0 Å². The van der Waals surface area contributed by atoms with Crippen molar-refractivity contribution in [3.8, 4) is 5.75 Å². The zero-order valence-corrected chi connectivity index (χ0v) is 18.8. The molecule has 1 aliphatic rings. The van der Waals surface area contributed by atoms with Gasteiger partial charge in [0.2, 0.25) is 0 Å². The minimum absolute atomic E-state index is 0.608. The summed E-state index contributed by atoms with van der Waals surface area (Å²) in [6.45, 7) is 8.13. The first-order chi connectivity index (χ1) is 15.3. The molecular weight excluding hydrogens is 388 g/mol. The van der Waals surface area contributed by atoms with E-state index in [1.165, 1.54) is 12.1 Å². The highest BCUT2D eigenvalue weighted by atomic mass is 16.5. The predicted octanol–water partition coefficient (Wildman–Crippen LogP) is 3.68. The standard InChI is InChI=1S/C25H36N4O2/c1-3-31-17-7-15-26-25(27-18-21-10-12-24(30-2)13-11-21)28-19-22-14-16-29(20-22)23-8-5-4-6-9-23/h4-6,8-13,22H,3,7,14-20H2,1-2H3,(H2,26,27,28). The van der Waals surface area contributed by atoms with Crippen LogP contribution in [0.4, 0.5) is 5.69 Å². The smallest absolute Gasteiger partial charge is 0.191 e. The molecule has 31 heavy (non-hydrogen) atoms. The molecule has 1 fully saturated rings. The molecule has 2 aromatic rings. The molecule has 3 rings (SSSR count). The lowest BCUT2D eigenvalue weighted by Crippen LogP contribution is -2.41. The molecule has 1 heterocycles. The maximum Gasteiger partial charge on any atom is 0.191 e. The van der Waals surface area contributed by atoms with Crippen LogP contribution in [0.1, 0.15) is 25.3 Å². The zero-order valence-electron chi connectivity index (χ0n) is 18.8. The molecule has 6 nitrogen and oxygen atoms in total. The van der Waals surface area contributed by atoms with Gasteiger partial charge in [-0.15, -0.1) is 0 Å². The molecular formula is C25H36N4O2. The molecule has 0 radical (unpaired) electrons. The molecule has 0 saturated carbocycles. The normalized spacial score (nSPS) is 16.4. The van der Waals surface area contributed by atoms with Crippen molar-refractivity contribution in [1.82, 2.24) is 10.6 Å². The Hall–Kier alpha value is -2.73. The van der Waals surface area contributed by atoms with Crippen LogP contribution in [-0.4, -0.2) is 52.5 Å². The number of ether oxygens (including phenoxy) is 2. The molecule has 1 atom stereocenters. The van der Waals surface area contributed by atoms with Gasteiger partial charge in [0.05, 0.1) is 13.7 Å². The Morgan fingerprint density at radius 2 is 1.90 bits per heavy atom. The molecule has 168 valence electrons. The minimum atomic E-state index is 0.608. The fraction of sp³-hybridized carbons (Fsp3) is 0.480. The highest BCUT2D eigenvalue weighted by Gasteiger charge is 2.22. The predicted molar refractivity (Wildman–Crippen MR) is 128 cm³/mol. The average Bonchev–Trinajstić information content (AvgIpc) is 3.30. The second kappa shape index (κ2) is 12.8. The number of nitrogens with zero attached hydrogens (tertiary/aromatic N) is 2. The third kappa shape index (κ3) is 7.79. The van der Waals surface area contributed by atoms with Crippen LogP contribution < -0.4 is 20.3 Å². The second-order valence-electron chi connectivity index (χ2n) is 7.81. The lowest BCUT2D eigenvalue weighted by atomic mass is 10.1.